The summed E-state index contributed by atoms with van der Waals surface area (Å²) in [4.78, 5) is 27.2. The Hall–Kier alpha value is -3.74. The van der Waals surface area contributed by atoms with E-state index >= 15 is 0 Å². The van der Waals surface area contributed by atoms with Crippen LogP contribution in [0.2, 0.25) is 0 Å². The largest absolute Gasteiger partial charge is 0.504 e. The van der Waals surface area contributed by atoms with Gasteiger partial charge in [0.05, 0.1) is 38.2 Å². The minimum absolute atomic E-state index is 0.112. The number of carbonyl (C=O) groups excluding carboxylic acids is 2. The standard InChI is InChI=1S/C22H21NO6/c1-13-19(22(26)29-4)17(11-14-7-5-10-18(28-3)20(14)24)21(25)23(13)15-8-6-9-16(12-15)27-2/h5-12,24H,1-4H3/b17-11-. The number of nitrogens with zero attached hydrogens (tertiary/aromatic N) is 1. The summed E-state index contributed by atoms with van der Waals surface area (Å²) in [6, 6.07) is 11.8. The Morgan fingerprint density at radius 2 is 1.79 bits per heavy atom. The van der Waals surface area contributed by atoms with Crippen LogP contribution < -0.4 is 14.4 Å². The molecule has 2 aromatic carbocycles. The van der Waals surface area contributed by atoms with Gasteiger partial charge in [0.25, 0.3) is 5.91 Å². The molecule has 1 heterocycles. The van der Waals surface area contributed by atoms with E-state index in [4.69, 9.17) is 14.2 Å². The van der Waals surface area contributed by atoms with Crippen LogP contribution in [-0.4, -0.2) is 38.3 Å². The SMILES string of the molecule is COC(=O)C1=C(C)N(c2cccc(OC)c2)C(=O)/C1=C\c1cccc(OC)c1O. The second kappa shape index (κ2) is 8.10. The molecule has 1 N–H and O–H groups in total. The Balaban J connectivity index is 2.17. The third-order valence-electron chi connectivity index (χ3n) is 4.65. The van der Waals surface area contributed by atoms with E-state index in [2.05, 4.69) is 0 Å². The highest BCUT2D eigenvalue weighted by Crippen LogP contribution is 2.38. The molecule has 150 valence electrons. The summed E-state index contributed by atoms with van der Waals surface area (Å²) < 4.78 is 15.3. The second-order valence-corrected chi connectivity index (χ2v) is 6.25. The number of phenolic OH excluding ortho intramolecular Hbond substituents is 1. The molecule has 0 atom stereocenters. The van der Waals surface area contributed by atoms with E-state index in [1.165, 1.54) is 32.3 Å². The number of allylic oxidation sites excluding steroid dienone is 1. The monoisotopic (exact) mass is 395 g/mol. The minimum Gasteiger partial charge on any atom is -0.504 e. The maximum atomic E-state index is 13.3. The van der Waals surface area contributed by atoms with E-state index < -0.39 is 11.9 Å². The number of hydrogen-bond acceptors (Lipinski definition) is 6. The zero-order chi connectivity index (χ0) is 21.1. The van der Waals surface area contributed by atoms with Crippen molar-refractivity contribution in [1.29, 1.82) is 0 Å². The van der Waals surface area contributed by atoms with E-state index in [-0.39, 0.29) is 22.6 Å². The lowest BCUT2D eigenvalue weighted by atomic mass is 10.0. The van der Waals surface area contributed by atoms with Crippen LogP contribution >= 0.6 is 0 Å². The van der Waals surface area contributed by atoms with E-state index in [1.807, 2.05) is 0 Å². The lowest BCUT2D eigenvalue weighted by molar-refractivity contribution is -0.136. The summed E-state index contributed by atoms with van der Waals surface area (Å²) in [5, 5.41) is 10.4. The Bertz CT molecular complexity index is 1040. The fraction of sp³-hybridized carbons (Fsp3) is 0.182. The molecule has 7 nitrogen and oxygen atoms in total. The van der Waals surface area contributed by atoms with Gasteiger partial charge in [-0.2, -0.15) is 0 Å². The van der Waals surface area contributed by atoms with Crippen molar-refractivity contribution in [2.24, 2.45) is 0 Å². The van der Waals surface area contributed by atoms with Crippen molar-refractivity contribution in [2.75, 3.05) is 26.2 Å². The van der Waals surface area contributed by atoms with Gasteiger partial charge in [0, 0.05) is 17.3 Å². The van der Waals surface area contributed by atoms with Crippen LogP contribution in [0.15, 0.2) is 59.3 Å². The predicted molar refractivity (Wildman–Crippen MR) is 108 cm³/mol. The molecule has 3 rings (SSSR count). The molecule has 0 saturated carbocycles. The summed E-state index contributed by atoms with van der Waals surface area (Å²) in [7, 11) is 4.22. The maximum Gasteiger partial charge on any atom is 0.340 e. The molecule has 29 heavy (non-hydrogen) atoms. The number of rotatable bonds is 5. The van der Waals surface area contributed by atoms with Crippen LogP contribution in [0.4, 0.5) is 5.69 Å². The normalized spacial score (nSPS) is 15.1. The van der Waals surface area contributed by atoms with Crippen molar-refractivity contribution < 1.29 is 28.9 Å². The quantitative estimate of drug-likeness (QED) is 0.618. The van der Waals surface area contributed by atoms with Crippen LogP contribution in [-0.2, 0) is 14.3 Å². The highest BCUT2D eigenvalue weighted by Gasteiger charge is 2.38. The van der Waals surface area contributed by atoms with Crippen molar-refractivity contribution in [3.8, 4) is 17.2 Å². The van der Waals surface area contributed by atoms with Gasteiger partial charge in [0.2, 0.25) is 0 Å². The Kier molecular flexibility index (Phi) is 5.59. The first kappa shape index (κ1) is 20.0. The molecule has 0 unspecified atom stereocenters. The molecule has 0 spiro atoms. The van der Waals surface area contributed by atoms with Gasteiger partial charge < -0.3 is 19.3 Å². The average Bonchev–Trinajstić information content (AvgIpc) is 2.98. The number of methoxy groups -OCH3 is 3. The van der Waals surface area contributed by atoms with Crippen molar-refractivity contribution in [3.05, 3.63) is 64.9 Å². The first-order valence-electron chi connectivity index (χ1n) is 8.78. The Morgan fingerprint density at radius 3 is 2.45 bits per heavy atom. The van der Waals surface area contributed by atoms with Crippen LogP contribution in [0.5, 0.6) is 17.2 Å². The third kappa shape index (κ3) is 3.54. The zero-order valence-corrected chi connectivity index (χ0v) is 16.6. The van der Waals surface area contributed by atoms with Crippen LogP contribution in [0.25, 0.3) is 6.08 Å². The van der Waals surface area contributed by atoms with E-state index in [0.717, 1.165) is 0 Å². The number of para-hydroxylation sites is 1. The number of carbonyl (C=O) groups is 2. The lowest BCUT2D eigenvalue weighted by Crippen LogP contribution is -2.24. The van der Waals surface area contributed by atoms with Crippen LogP contribution in [0.3, 0.4) is 0 Å². The van der Waals surface area contributed by atoms with Crippen molar-refractivity contribution in [2.45, 2.75) is 6.92 Å². The number of ether oxygens (including phenoxy) is 3. The highest BCUT2D eigenvalue weighted by molar-refractivity contribution is 6.24. The van der Waals surface area contributed by atoms with Gasteiger partial charge in [-0.3, -0.25) is 9.69 Å². The van der Waals surface area contributed by atoms with Crippen LogP contribution in [0, 0.1) is 0 Å². The summed E-state index contributed by atoms with van der Waals surface area (Å²) in [6.07, 6.45) is 1.45. The molecule has 0 aliphatic carbocycles. The molecule has 0 radical (unpaired) electrons. The number of phenols is 1. The summed E-state index contributed by atoms with van der Waals surface area (Å²) in [6.45, 7) is 1.66. The highest BCUT2D eigenvalue weighted by atomic mass is 16.5. The molecule has 0 aromatic heterocycles. The first-order chi connectivity index (χ1) is 13.9. The molecule has 0 fully saturated rings. The molecule has 1 aliphatic heterocycles. The molecule has 0 saturated heterocycles. The van der Waals surface area contributed by atoms with Crippen LogP contribution in [0.1, 0.15) is 12.5 Å². The maximum absolute atomic E-state index is 13.3. The summed E-state index contributed by atoms with van der Waals surface area (Å²) in [5.41, 5.74) is 1.55. The number of anilines is 1. The number of esters is 1. The van der Waals surface area contributed by atoms with E-state index in [1.54, 1.807) is 49.4 Å². The number of amides is 1. The zero-order valence-electron chi connectivity index (χ0n) is 16.6. The minimum atomic E-state index is -0.644. The molecule has 0 bridgehead atoms. The van der Waals surface area contributed by atoms with Gasteiger partial charge in [-0.1, -0.05) is 18.2 Å². The predicted octanol–water partition coefficient (Wildman–Crippen LogP) is 3.29. The molecule has 7 heteroatoms. The lowest BCUT2D eigenvalue weighted by Gasteiger charge is -2.18. The van der Waals surface area contributed by atoms with Gasteiger partial charge in [0.15, 0.2) is 11.5 Å². The van der Waals surface area contributed by atoms with Gasteiger partial charge in [-0.15, -0.1) is 0 Å². The average molecular weight is 395 g/mol. The molecular formula is C22H21NO6. The Labute approximate surface area is 168 Å². The number of hydrogen-bond donors (Lipinski definition) is 1. The molecule has 1 amide bonds. The summed E-state index contributed by atoms with van der Waals surface area (Å²) >= 11 is 0. The third-order valence-corrected chi connectivity index (χ3v) is 4.65. The number of aromatic hydroxyl groups is 1. The Morgan fingerprint density at radius 1 is 1.07 bits per heavy atom. The smallest absolute Gasteiger partial charge is 0.340 e. The molecular weight excluding hydrogens is 374 g/mol. The topological polar surface area (TPSA) is 85.3 Å². The van der Waals surface area contributed by atoms with E-state index in [0.29, 0.717) is 22.7 Å². The van der Waals surface area contributed by atoms with Crippen molar-refractivity contribution in [1.82, 2.24) is 0 Å². The van der Waals surface area contributed by atoms with Gasteiger partial charge >= 0.3 is 5.97 Å². The first-order valence-corrected chi connectivity index (χ1v) is 8.78. The fourth-order valence-electron chi connectivity index (χ4n) is 3.22. The molecule has 2 aromatic rings. The van der Waals surface area contributed by atoms with Gasteiger partial charge in [-0.25, -0.2) is 4.79 Å². The fourth-order valence-corrected chi connectivity index (χ4v) is 3.22. The van der Waals surface area contributed by atoms with E-state index in [9.17, 15) is 14.7 Å². The molecule has 1 aliphatic rings. The van der Waals surface area contributed by atoms with Gasteiger partial charge in [-0.05, 0) is 31.2 Å². The van der Waals surface area contributed by atoms with Gasteiger partial charge in [0.1, 0.15) is 5.75 Å². The van der Waals surface area contributed by atoms with Crippen molar-refractivity contribution >= 4 is 23.6 Å². The van der Waals surface area contributed by atoms with Crippen molar-refractivity contribution in [3.63, 3.8) is 0 Å². The number of benzene rings is 2. The second-order valence-electron chi connectivity index (χ2n) is 6.25. The summed E-state index contributed by atoms with van der Waals surface area (Å²) in [5.74, 6) is -0.356.